The Labute approximate surface area is 108 Å². The molecule has 1 aromatic rings. The van der Waals surface area contributed by atoms with Gasteiger partial charge in [0.1, 0.15) is 12.3 Å². The van der Waals surface area contributed by atoms with Gasteiger partial charge < -0.3 is 14.4 Å². The SMILES string of the molecule is O=C(CCCCO)N(Cc1ccco1)CC(F)(F)F. The number of unbranched alkanes of at least 4 members (excludes halogenated alkanes) is 1. The maximum Gasteiger partial charge on any atom is 0.406 e. The average molecular weight is 279 g/mol. The molecule has 0 atom stereocenters. The molecule has 0 bridgehead atoms. The van der Waals surface area contributed by atoms with Gasteiger partial charge >= 0.3 is 6.18 Å². The fraction of sp³-hybridized carbons (Fsp3) is 0.583. The van der Waals surface area contributed by atoms with E-state index in [0.717, 1.165) is 4.90 Å². The minimum absolute atomic E-state index is 0.0165. The summed E-state index contributed by atoms with van der Waals surface area (Å²) in [4.78, 5) is 12.4. The van der Waals surface area contributed by atoms with Crippen LogP contribution in [0.1, 0.15) is 25.0 Å². The number of rotatable bonds is 7. The fourth-order valence-corrected chi connectivity index (χ4v) is 1.59. The molecule has 0 saturated heterocycles. The number of hydrogen-bond donors (Lipinski definition) is 1. The lowest BCUT2D eigenvalue weighted by Gasteiger charge is -2.23. The predicted molar refractivity (Wildman–Crippen MR) is 61.1 cm³/mol. The molecule has 4 nitrogen and oxygen atoms in total. The van der Waals surface area contributed by atoms with Gasteiger partial charge in [-0.1, -0.05) is 0 Å². The molecular weight excluding hydrogens is 263 g/mol. The van der Waals surface area contributed by atoms with Crippen LogP contribution in [0.4, 0.5) is 13.2 Å². The summed E-state index contributed by atoms with van der Waals surface area (Å²) in [5, 5.41) is 8.59. The van der Waals surface area contributed by atoms with Gasteiger partial charge in [0.2, 0.25) is 5.91 Å². The van der Waals surface area contributed by atoms with Crippen LogP contribution < -0.4 is 0 Å². The third-order valence-corrected chi connectivity index (χ3v) is 2.45. The monoisotopic (exact) mass is 279 g/mol. The van der Waals surface area contributed by atoms with Crippen molar-refractivity contribution in [3.8, 4) is 0 Å². The molecule has 0 aromatic carbocycles. The summed E-state index contributed by atoms with van der Waals surface area (Å²) in [6, 6.07) is 3.07. The number of hydrogen-bond acceptors (Lipinski definition) is 3. The van der Waals surface area contributed by atoms with Crippen molar-refractivity contribution in [2.45, 2.75) is 32.0 Å². The van der Waals surface area contributed by atoms with E-state index in [1.54, 1.807) is 6.07 Å². The zero-order chi connectivity index (χ0) is 14.3. The van der Waals surface area contributed by atoms with Crippen molar-refractivity contribution in [1.29, 1.82) is 0 Å². The lowest BCUT2D eigenvalue weighted by Crippen LogP contribution is -2.38. The third kappa shape index (κ3) is 6.28. The molecule has 1 rings (SSSR count). The Morgan fingerprint density at radius 1 is 1.37 bits per heavy atom. The van der Waals surface area contributed by atoms with Gasteiger partial charge in [-0.05, 0) is 25.0 Å². The highest BCUT2D eigenvalue weighted by atomic mass is 19.4. The van der Waals surface area contributed by atoms with E-state index in [0.29, 0.717) is 18.6 Å². The van der Waals surface area contributed by atoms with E-state index in [-0.39, 0.29) is 19.6 Å². The Balaban J connectivity index is 2.60. The molecule has 0 unspecified atom stereocenters. The summed E-state index contributed by atoms with van der Waals surface area (Å²) < 4.78 is 42.2. The van der Waals surface area contributed by atoms with E-state index in [4.69, 9.17) is 9.52 Å². The Morgan fingerprint density at radius 3 is 2.63 bits per heavy atom. The zero-order valence-corrected chi connectivity index (χ0v) is 10.3. The van der Waals surface area contributed by atoms with Crippen molar-refractivity contribution in [3.05, 3.63) is 24.2 Å². The number of nitrogens with zero attached hydrogens (tertiary/aromatic N) is 1. The van der Waals surface area contributed by atoms with Crippen molar-refractivity contribution in [1.82, 2.24) is 4.90 Å². The first-order valence-corrected chi connectivity index (χ1v) is 5.90. The van der Waals surface area contributed by atoms with Crippen LogP contribution in [-0.2, 0) is 11.3 Å². The van der Waals surface area contributed by atoms with Crippen molar-refractivity contribution in [3.63, 3.8) is 0 Å². The van der Waals surface area contributed by atoms with Gasteiger partial charge in [-0.25, -0.2) is 0 Å². The number of alkyl halides is 3. The maximum absolute atomic E-state index is 12.4. The molecule has 0 aliphatic rings. The molecular formula is C12H16F3NO3. The largest absolute Gasteiger partial charge is 0.467 e. The highest BCUT2D eigenvalue weighted by Gasteiger charge is 2.33. The number of carbonyl (C=O) groups excluding carboxylic acids is 1. The molecule has 1 amide bonds. The summed E-state index contributed by atoms with van der Waals surface area (Å²) in [6.45, 7) is -1.58. The summed E-state index contributed by atoms with van der Waals surface area (Å²) in [6.07, 6.45) is -2.36. The van der Waals surface area contributed by atoms with E-state index in [2.05, 4.69) is 0 Å². The van der Waals surface area contributed by atoms with Gasteiger partial charge in [0.05, 0.1) is 12.8 Å². The first kappa shape index (κ1) is 15.6. The lowest BCUT2D eigenvalue weighted by atomic mass is 10.2. The standard InChI is InChI=1S/C12H16F3NO3/c13-12(14,15)9-16(8-10-4-3-7-19-10)11(18)5-1-2-6-17/h3-4,7,17H,1-2,5-6,8-9H2. The predicted octanol–water partition coefficient (Wildman–Crippen LogP) is 2.33. The highest BCUT2D eigenvalue weighted by molar-refractivity contribution is 5.76. The molecule has 0 spiro atoms. The summed E-state index contributed by atoms with van der Waals surface area (Å²) >= 11 is 0. The van der Waals surface area contributed by atoms with Crippen LogP contribution >= 0.6 is 0 Å². The van der Waals surface area contributed by atoms with Crippen molar-refractivity contribution >= 4 is 5.91 Å². The Bertz CT molecular complexity index is 376. The Morgan fingerprint density at radius 2 is 2.11 bits per heavy atom. The Hall–Kier alpha value is -1.50. The van der Waals surface area contributed by atoms with Crippen LogP contribution in [0.25, 0.3) is 0 Å². The van der Waals surface area contributed by atoms with Crippen LogP contribution in [-0.4, -0.2) is 35.2 Å². The molecule has 0 radical (unpaired) electrons. The normalized spacial score (nSPS) is 11.6. The number of aliphatic hydroxyl groups excluding tert-OH is 1. The van der Waals surface area contributed by atoms with E-state index < -0.39 is 18.6 Å². The van der Waals surface area contributed by atoms with Gasteiger partial charge in [-0.15, -0.1) is 0 Å². The second-order valence-electron chi connectivity index (χ2n) is 4.13. The second kappa shape index (κ2) is 7.18. The van der Waals surface area contributed by atoms with Gasteiger partial charge in [0.25, 0.3) is 0 Å². The minimum atomic E-state index is -4.45. The minimum Gasteiger partial charge on any atom is -0.467 e. The molecule has 1 heterocycles. The molecule has 0 aliphatic carbocycles. The van der Waals surface area contributed by atoms with Gasteiger partial charge in [0, 0.05) is 13.0 Å². The number of furan rings is 1. The van der Waals surface area contributed by atoms with Gasteiger partial charge in [-0.2, -0.15) is 13.2 Å². The van der Waals surface area contributed by atoms with Crippen LogP contribution in [0.2, 0.25) is 0 Å². The molecule has 1 N–H and O–H groups in total. The van der Waals surface area contributed by atoms with E-state index in [1.165, 1.54) is 12.3 Å². The first-order valence-electron chi connectivity index (χ1n) is 5.90. The molecule has 0 fully saturated rings. The number of halogens is 3. The van der Waals surface area contributed by atoms with Gasteiger partial charge in [0.15, 0.2) is 0 Å². The van der Waals surface area contributed by atoms with Crippen molar-refractivity contribution < 1.29 is 27.5 Å². The summed E-state index contributed by atoms with van der Waals surface area (Å²) in [5.41, 5.74) is 0. The number of aliphatic hydroxyl groups is 1. The van der Waals surface area contributed by atoms with Crippen LogP contribution in [0.15, 0.2) is 22.8 Å². The molecule has 7 heteroatoms. The number of carbonyl (C=O) groups is 1. The fourth-order valence-electron chi connectivity index (χ4n) is 1.59. The van der Waals surface area contributed by atoms with Crippen LogP contribution in [0.3, 0.4) is 0 Å². The molecule has 19 heavy (non-hydrogen) atoms. The number of amides is 1. The highest BCUT2D eigenvalue weighted by Crippen LogP contribution is 2.19. The average Bonchev–Trinajstić information content (AvgIpc) is 2.79. The zero-order valence-electron chi connectivity index (χ0n) is 10.3. The van der Waals surface area contributed by atoms with Crippen molar-refractivity contribution in [2.75, 3.05) is 13.2 Å². The second-order valence-corrected chi connectivity index (χ2v) is 4.13. The smallest absolute Gasteiger partial charge is 0.406 e. The Kier molecular flexibility index (Phi) is 5.88. The molecule has 0 saturated carbocycles. The third-order valence-electron chi connectivity index (χ3n) is 2.45. The van der Waals surface area contributed by atoms with E-state index in [1.807, 2.05) is 0 Å². The maximum atomic E-state index is 12.4. The first-order chi connectivity index (χ1) is 8.92. The molecule has 1 aromatic heterocycles. The summed E-state index contributed by atoms with van der Waals surface area (Å²) in [5.74, 6) is -0.290. The van der Waals surface area contributed by atoms with Gasteiger partial charge in [-0.3, -0.25) is 4.79 Å². The van der Waals surface area contributed by atoms with Crippen LogP contribution in [0.5, 0.6) is 0 Å². The van der Waals surface area contributed by atoms with Crippen molar-refractivity contribution in [2.24, 2.45) is 0 Å². The molecule has 108 valence electrons. The quantitative estimate of drug-likeness (QED) is 0.779. The van der Waals surface area contributed by atoms with E-state index >= 15 is 0 Å². The summed E-state index contributed by atoms with van der Waals surface area (Å²) in [7, 11) is 0. The topological polar surface area (TPSA) is 53.7 Å². The molecule has 0 aliphatic heterocycles. The van der Waals surface area contributed by atoms with E-state index in [9.17, 15) is 18.0 Å². The lowest BCUT2D eigenvalue weighted by molar-refractivity contribution is -0.162. The van der Waals surface area contributed by atoms with Crippen LogP contribution in [0, 0.1) is 0 Å².